The van der Waals surface area contributed by atoms with Gasteiger partial charge in [-0.15, -0.1) is 0 Å². The van der Waals surface area contributed by atoms with E-state index in [-0.39, 0.29) is 13.2 Å². The van der Waals surface area contributed by atoms with E-state index in [1.54, 1.807) is 26.0 Å². The molecule has 2 bridgehead atoms. The zero-order chi connectivity index (χ0) is 16.1. The number of esters is 2. The smallest absolute Gasteiger partial charge is 0.334 e. The normalized spacial score (nSPS) is 37.9. The average Bonchev–Trinajstić information content (AvgIpc) is 3.11. The Bertz CT molecular complexity index is 611. The highest BCUT2D eigenvalue weighted by atomic mass is 16.5. The van der Waals surface area contributed by atoms with Crippen LogP contribution < -0.4 is 5.32 Å². The molecule has 22 heavy (non-hydrogen) atoms. The zero-order valence-electron chi connectivity index (χ0n) is 12.4. The third kappa shape index (κ3) is 1.36. The predicted molar refractivity (Wildman–Crippen MR) is 72.3 cm³/mol. The fourth-order valence-electron chi connectivity index (χ4n) is 4.14. The van der Waals surface area contributed by atoms with E-state index in [1.807, 2.05) is 0 Å². The van der Waals surface area contributed by atoms with Gasteiger partial charge >= 0.3 is 11.9 Å². The van der Waals surface area contributed by atoms with E-state index in [1.165, 1.54) is 0 Å². The van der Waals surface area contributed by atoms with Crippen molar-refractivity contribution >= 4 is 23.6 Å². The highest BCUT2D eigenvalue weighted by Crippen LogP contribution is 2.62. The van der Waals surface area contributed by atoms with Gasteiger partial charge in [-0.1, -0.05) is 12.2 Å². The summed E-state index contributed by atoms with van der Waals surface area (Å²) in [7, 11) is 0. The summed E-state index contributed by atoms with van der Waals surface area (Å²) in [5.74, 6) is -4.40. The lowest BCUT2D eigenvalue weighted by Gasteiger charge is -2.40. The summed E-state index contributed by atoms with van der Waals surface area (Å²) in [6.07, 6.45) is 3.92. The third-order valence-corrected chi connectivity index (χ3v) is 4.89. The van der Waals surface area contributed by atoms with E-state index in [0.29, 0.717) is 6.42 Å². The molecule has 0 aromatic heterocycles. The molecular weight excluding hydrogens is 290 g/mol. The first-order valence-electron chi connectivity index (χ1n) is 7.36. The third-order valence-electron chi connectivity index (χ3n) is 4.89. The Labute approximate surface area is 127 Å². The Kier molecular flexibility index (Phi) is 3.12. The van der Waals surface area contributed by atoms with Crippen molar-refractivity contribution in [2.45, 2.75) is 25.8 Å². The average molecular weight is 307 g/mol. The molecule has 1 saturated heterocycles. The molecule has 1 heterocycles. The van der Waals surface area contributed by atoms with Crippen molar-refractivity contribution in [2.24, 2.45) is 17.3 Å². The Morgan fingerprint density at radius 2 is 1.73 bits per heavy atom. The number of ketones is 1. The van der Waals surface area contributed by atoms with Crippen molar-refractivity contribution in [3.8, 4) is 0 Å². The molecule has 0 unspecified atom stereocenters. The van der Waals surface area contributed by atoms with Crippen LogP contribution >= 0.6 is 0 Å². The van der Waals surface area contributed by atoms with Crippen LogP contribution in [0.1, 0.15) is 20.3 Å². The number of allylic oxidation sites excluding steroid dienone is 1. The van der Waals surface area contributed by atoms with Gasteiger partial charge in [0.05, 0.1) is 13.2 Å². The molecule has 1 aliphatic heterocycles. The quantitative estimate of drug-likeness (QED) is 0.332. The minimum Gasteiger partial charge on any atom is -0.465 e. The van der Waals surface area contributed by atoms with Crippen LogP contribution in [-0.2, 0) is 28.7 Å². The Morgan fingerprint density at radius 1 is 1.14 bits per heavy atom. The van der Waals surface area contributed by atoms with Crippen LogP contribution in [0.3, 0.4) is 0 Å². The number of Topliss-reactive ketones (excluding diaryl/α,β-unsaturated/α-hetero) is 1. The van der Waals surface area contributed by atoms with Crippen LogP contribution in [0.15, 0.2) is 12.2 Å². The highest BCUT2D eigenvalue weighted by Gasteiger charge is 2.83. The molecule has 2 fully saturated rings. The summed E-state index contributed by atoms with van der Waals surface area (Å²) in [5, 5.41) is 2.46. The van der Waals surface area contributed by atoms with Crippen molar-refractivity contribution in [1.29, 1.82) is 0 Å². The van der Waals surface area contributed by atoms with E-state index in [0.717, 1.165) is 0 Å². The Morgan fingerprint density at radius 3 is 2.36 bits per heavy atom. The summed E-state index contributed by atoms with van der Waals surface area (Å²) in [6, 6.07) is 0. The van der Waals surface area contributed by atoms with Crippen LogP contribution in [0.25, 0.3) is 0 Å². The number of rotatable bonds is 4. The van der Waals surface area contributed by atoms with Crippen LogP contribution in [0.2, 0.25) is 0 Å². The minimum atomic E-state index is -1.84. The molecule has 1 saturated carbocycles. The summed E-state index contributed by atoms with van der Waals surface area (Å²) in [6.45, 7) is 3.38. The number of hydrogen-bond donors (Lipinski definition) is 1. The van der Waals surface area contributed by atoms with E-state index in [2.05, 4.69) is 5.32 Å². The zero-order valence-corrected chi connectivity index (χ0v) is 12.4. The predicted octanol–water partition coefficient (Wildman–Crippen LogP) is -0.257. The molecule has 1 amide bonds. The number of ether oxygens (including phenoxy) is 2. The molecule has 118 valence electrons. The van der Waals surface area contributed by atoms with Gasteiger partial charge in [0.2, 0.25) is 5.78 Å². The summed E-state index contributed by atoms with van der Waals surface area (Å²) in [5.41, 5.74) is -3.52. The van der Waals surface area contributed by atoms with E-state index in [4.69, 9.17) is 9.47 Å². The van der Waals surface area contributed by atoms with Gasteiger partial charge in [0, 0.05) is 11.8 Å². The van der Waals surface area contributed by atoms with Gasteiger partial charge in [-0.3, -0.25) is 14.4 Å². The lowest BCUT2D eigenvalue weighted by molar-refractivity contribution is -0.174. The van der Waals surface area contributed by atoms with Crippen LogP contribution in [0.4, 0.5) is 0 Å². The van der Waals surface area contributed by atoms with Crippen molar-refractivity contribution < 1.29 is 28.7 Å². The number of fused-ring (bicyclic) bond motifs is 5. The van der Waals surface area contributed by atoms with Gasteiger partial charge in [0.1, 0.15) is 0 Å². The second-order valence-corrected chi connectivity index (χ2v) is 5.67. The SMILES string of the molecule is CCOC(=O)[C@@]12C(=O)C(=O)N[C@]1(C(=O)OCC)[C@@H]1C=C[C@H]2C1. The van der Waals surface area contributed by atoms with Gasteiger partial charge in [-0.2, -0.15) is 0 Å². The molecule has 3 rings (SSSR count). The number of hydrogen-bond acceptors (Lipinski definition) is 6. The van der Waals surface area contributed by atoms with E-state index < -0.39 is 46.4 Å². The molecule has 0 aromatic carbocycles. The number of carbonyl (C=O) groups excluding carboxylic acids is 4. The maximum atomic E-state index is 12.6. The second-order valence-electron chi connectivity index (χ2n) is 5.67. The fraction of sp³-hybridized carbons (Fsp3) is 0.600. The first kappa shape index (κ1) is 14.7. The molecule has 0 aromatic rings. The summed E-state index contributed by atoms with van der Waals surface area (Å²) in [4.78, 5) is 49.8. The molecule has 0 spiro atoms. The standard InChI is InChI=1S/C15H17NO6/c1-3-21-12(19)14-8-5-6-9(7-8)15(14,13(20)22-4-2)16-11(18)10(14)17/h5-6,8-9H,3-4,7H2,1-2H3,(H,16,18)/t8-,9+,14+,15-/m0/s1. The van der Waals surface area contributed by atoms with Gasteiger partial charge in [0.25, 0.3) is 5.91 Å². The van der Waals surface area contributed by atoms with Crippen molar-refractivity contribution in [3.05, 3.63) is 12.2 Å². The number of amides is 1. The van der Waals surface area contributed by atoms with Gasteiger partial charge in [0.15, 0.2) is 11.0 Å². The van der Waals surface area contributed by atoms with E-state index >= 15 is 0 Å². The Balaban J connectivity index is 2.21. The molecule has 7 heteroatoms. The first-order chi connectivity index (χ1) is 10.5. The van der Waals surface area contributed by atoms with Gasteiger partial charge in [-0.05, 0) is 20.3 Å². The maximum absolute atomic E-state index is 12.6. The molecule has 0 radical (unpaired) electrons. The molecule has 4 atom stereocenters. The van der Waals surface area contributed by atoms with Crippen LogP contribution in [-0.4, -0.2) is 42.4 Å². The molecular formula is C15H17NO6. The van der Waals surface area contributed by atoms with Gasteiger partial charge in [-0.25, -0.2) is 4.79 Å². The second kappa shape index (κ2) is 4.66. The van der Waals surface area contributed by atoms with Crippen molar-refractivity contribution in [1.82, 2.24) is 5.32 Å². The lowest BCUT2D eigenvalue weighted by Crippen LogP contribution is -2.65. The monoisotopic (exact) mass is 307 g/mol. The maximum Gasteiger partial charge on any atom is 0.334 e. The van der Waals surface area contributed by atoms with Gasteiger partial charge < -0.3 is 14.8 Å². The highest BCUT2D eigenvalue weighted by molar-refractivity contribution is 6.47. The minimum absolute atomic E-state index is 0.0576. The van der Waals surface area contributed by atoms with Crippen LogP contribution in [0.5, 0.6) is 0 Å². The first-order valence-corrected chi connectivity index (χ1v) is 7.36. The lowest BCUT2D eigenvalue weighted by atomic mass is 9.63. The topological polar surface area (TPSA) is 98.8 Å². The molecule has 2 aliphatic carbocycles. The number of nitrogens with one attached hydrogen (secondary N) is 1. The fourth-order valence-corrected chi connectivity index (χ4v) is 4.14. The molecule has 3 aliphatic rings. The molecule has 1 N–H and O–H groups in total. The van der Waals surface area contributed by atoms with Crippen molar-refractivity contribution in [2.75, 3.05) is 13.2 Å². The summed E-state index contributed by atoms with van der Waals surface area (Å²) < 4.78 is 10.1. The number of carbonyl (C=O) groups is 4. The largest absolute Gasteiger partial charge is 0.465 e. The molecule has 7 nitrogen and oxygen atoms in total. The van der Waals surface area contributed by atoms with Crippen LogP contribution in [0, 0.1) is 17.3 Å². The van der Waals surface area contributed by atoms with E-state index in [9.17, 15) is 19.2 Å². The summed E-state index contributed by atoms with van der Waals surface area (Å²) >= 11 is 0. The van der Waals surface area contributed by atoms with Crippen molar-refractivity contribution in [3.63, 3.8) is 0 Å². The Hall–Kier alpha value is -2.18.